The summed E-state index contributed by atoms with van der Waals surface area (Å²) in [6.45, 7) is 8.76. The molecule has 0 saturated carbocycles. The normalized spacial score (nSPS) is 17.6. The predicted octanol–water partition coefficient (Wildman–Crippen LogP) is 0.146. The number of hydrogen-bond donors (Lipinski definition) is 1. The number of hydrogen-bond acceptors (Lipinski definition) is 6. The summed E-state index contributed by atoms with van der Waals surface area (Å²) in [5.41, 5.74) is 6.58. The van der Waals surface area contributed by atoms with Gasteiger partial charge in [-0.3, -0.25) is 4.79 Å². The number of rotatable bonds is 2. The van der Waals surface area contributed by atoms with Crippen molar-refractivity contribution in [2.45, 2.75) is 26.8 Å². The number of nitrogens with zero attached hydrogens (tertiary/aromatic N) is 6. The zero-order chi connectivity index (χ0) is 16.6. The first-order valence-electron chi connectivity index (χ1n) is 7.82. The molecular formula is C15H23N7O. The molecule has 2 aromatic rings. The molecule has 1 atom stereocenters. The van der Waals surface area contributed by atoms with Crippen LogP contribution in [0, 0.1) is 5.41 Å². The van der Waals surface area contributed by atoms with Gasteiger partial charge in [-0.15, -0.1) is 15.3 Å². The van der Waals surface area contributed by atoms with Crippen LogP contribution in [0.3, 0.4) is 0 Å². The second-order valence-electron chi connectivity index (χ2n) is 6.98. The van der Waals surface area contributed by atoms with Crippen LogP contribution in [0.5, 0.6) is 0 Å². The molecule has 0 radical (unpaired) electrons. The molecular weight excluding hydrogens is 294 g/mol. The van der Waals surface area contributed by atoms with Crippen LogP contribution in [-0.4, -0.2) is 62.8 Å². The Bertz CT molecular complexity index is 697. The maximum atomic E-state index is 12.5. The summed E-state index contributed by atoms with van der Waals surface area (Å²) >= 11 is 0. The lowest BCUT2D eigenvalue weighted by Gasteiger charge is -2.38. The molecule has 1 aliphatic heterocycles. The van der Waals surface area contributed by atoms with Crippen LogP contribution in [0.25, 0.3) is 5.65 Å². The van der Waals surface area contributed by atoms with E-state index in [4.69, 9.17) is 5.73 Å². The average molecular weight is 317 g/mol. The highest BCUT2D eigenvalue weighted by molar-refractivity contribution is 5.82. The smallest absolute Gasteiger partial charge is 0.240 e. The third-order valence-electron chi connectivity index (χ3n) is 4.26. The van der Waals surface area contributed by atoms with Gasteiger partial charge in [-0.25, -0.2) is 0 Å². The zero-order valence-electron chi connectivity index (χ0n) is 13.8. The van der Waals surface area contributed by atoms with E-state index in [9.17, 15) is 4.79 Å². The first-order valence-corrected chi connectivity index (χ1v) is 7.82. The fourth-order valence-electron chi connectivity index (χ4n) is 2.61. The van der Waals surface area contributed by atoms with Crippen molar-refractivity contribution in [3.05, 3.63) is 18.5 Å². The van der Waals surface area contributed by atoms with Crippen LogP contribution in [-0.2, 0) is 4.79 Å². The fourth-order valence-corrected chi connectivity index (χ4v) is 2.61. The second-order valence-corrected chi connectivity index (χ2v) is 6.98. The van der Waals surface area contributed by atoms with Gasteiger partial charge in [0.15, 0.2) is 5.65 Å². The van der Waals surface area contributed by atoms with Crippen LogP contribution in [0.4, 0.5) is 5.82 Å². The number of nitrogens with two attached hydrogens (primary N) is 1. The lowest BCUT2D eigenvalue weighted by molar-refractivity contribution is -0.135. The van der Waals surface area contributed by atoms with E-state index in [2.05, 4.69) is 20.2 Å². The van der Waals surface area contributed by atoms with E-state index in [0.717, 1.165) is 24.6 Å². The third kappa shape index (κ3) is 3.12. The molecule has 1 fully saturated rings. The monoisotopic (exact) mass is 317 g/mol. The van der Waals surface area contributed by atoms with E-state index < -0.39 is 6.04 Å². The van der Waals surface area contributed by atoms with E-state index in [0.29, 0.717) is 13.1 Å². The van der Waals surface area contributed by atoms with Gasteiger partial charge in [0.2, 0.25) is 5.91 Å². The number of anilines is 1. The van der Waals surface area contributed by atoms with Gasteiger partial charge in [0.05, 0.1) is 6.04 Å². The highest BCUT2D eigenvalue weighted by atomic mass is 16.2. The summed E-state index contributed by atoms with van der Waals surface area (Å²) in [6.07, 6.45) is 1.58. The minimum Gasteiger partial charge on any atom is -0.352 e. The van der Waals surface area contributed by atoms with Crippen LogP contribution < -0.4 is 10.6 Å². The molecule has 8 heteroatoms. The first-order chi connectivity index (χ1) is 10.9. The maximum Gasteiger partial charge on any atom is 0.240 e. The number of aromatic nitrogens is 4. The third-order valence-corrected chi connectivity index (χ3v) is 4.26. The van der Waals surface area contributed by atoms with Gasteiger partial charge in [-0.2, -0.15) is 4.52 Å². The zero-order valence-corrected chi connectivity index (χ0v) is 13.8. The number of piperazine rings is 1. The second kappa shape index (κ2) is 5.77. The molecule has 1 aliphatic rings. The lowest BCUT2D eigenvalue weighted by Crippen LogP contribution is -2.56. The average Bonchev–Trinajstić information content (AvgIpc) is 3.00. The van der Waals surface area contributed by atoms with Crippen LogP contribution in [0.2, 0.25) is 0 Å². The standard InChI is InChI=1S/C15H23N7O/c1-15(2,3)13(16)14(23)21-8-6-20(7-9-21)12-5-4-11-18-17-10-22(11)19-12/h4-5,10,13H,6-9,16H2,1-3H3/t13-/m1/s1. The molecule has 1 amide bonds. The summed E-state index contributed by atoms with van der Waals surface area (Å²) in [4.78, 5) is 16.5. The van der Waals surface area contributed by atoms with Crippen LogP contribution >= 0.6 is 0 Å². The van der Waals surface area contributed by atoms with Crippen molar-refractivity contribution in [2.24, 2.45) is 11.1 Å². The number of fused-ring (bicyclic) bond motifs is 1. The van der Waals surface area contributed by atoms with Crippen molar-refractivity contribution < 1.29 is 4.79 Å². The number of carbonyl (C=O) groups excluding carboxylic acids is 1. The summed E-state index contributed by atoms with van der Waals surface area (Å²) in [6, 6.07) is 3.35. The van der Waals surface area contributed by atoms with Crippen molar-refractivity contribution >= 4 is 17.4 Å². The van der Waals surface area contributed by atoms with Gasteiger partial charge in [0.1, 0.15) is 12.1 Å². The molecule has 2 aromatic heterocycles. The van der Waals surface area contributed by atoms with Crippen LogP contribution in [0.1, 0.15) is 20.8 Å². The van der Waals surface area contributed by atoms with Crippen molar-refractivity contribution in [1.82, 2.24) is 24.7 Å². The highest BCUT2D eigenvalue weighted by Crippen LogP contribution is 2.20. The Kier molecular flexibility index (Phi) is 3.93. The van der Waals surface area contributed by atoms with Crippen molar-refractivity contribution in [3.63, 3.8) is 0 Å². The lowest BCUT2D eigenvalue weighted by atomic mass is 9.86. The van der Waals surface area contributed by atoms with Gasteiger partial charge in [-0.05, 0) is 17.5 Å². The van der Waals surface area contributed by atoms with Gasteiger partial charge in [-0.1, -0.05) is 20.8 Å². The SMILES string of the molecule is CC(C)(C)[C@H](N)C(=O)N1CCN(c2ccc3nncn3n2)CC1. The molecule has 0 aromatic carbocycles. The minimum absolute atomic E-state index is 0.0272. The summed E-state index contributed by atoms with van der Waals surface area (Å²) in [5, 5.41) is 12.3. The topological polar surface area (TPSA) is 92.7 Å². The summed E-state index contributed by atoms with van der Waals surface area (Å²) in [7, 11) is 0. The van der Waals surface area contributed by atoms with E-state index in [1.54, 1.807) is 10.8 Å². The molecule has 0 aliphatic carbocycles. The summed E-state index contributed by atoms with van der Waals surface area (Å²) in [5.74, 6) is 0.892. The molecule has 2 N–H and O–H groups in total. The Morgan fingerprint density at radius 1 is 1.22 bits per heavy atom. The van der Waals surface area contributed by atoms with E-state index >= 15 is 0 Å². The predicted molar refractivity (Wildman–Crippen MR) is 87.0 cm³/mol. The van der Waals surface area contributed by atoms with Crippen molar-refractivity contribution in [1.29, 1.82) is 0 Å². The largest absolute Gasteiger partial charge is 0.352 e. The molecule has 3 heterocycles. The molecule has 1 saturated heterocycles. The molecule has 0 unspecified atom stereocenters. The van der Waals surface area contributed by atoms with E-state index in [1.807, 2.05) is 37.8 Å². The Morgan fingerprint density at radius 2 is 1.91 bits per heavy atom. The Morgan fingerprint density at radius 3 is 2.57 bits per heavy atom. The molecule has 0 bridgehead atoms. The van der Waals surface area contributed by atoms with Gasteiger partial charge in [0, 0.05) is 26.2 Å². The molecule has 23 heavy (non-hydrogen) atoms. The quantitative estimate of drug-likeness (QED) is 0.847. The molecule has 124 valence electrons. The maximum absolute atomic E-state index is 12.5. The number of carbonyl (C=O) groups is 1. The first kappa shape index (κ1) is 15.7. The number of amides is 1. The summed E-state index contributed by atoms with van der Waals surface area (Å²) < 4.78 is 1.66. The minimum atomic E-state index is -0.472. The van der Waals surface area contributed by atoms with Crippen LogP contribution in [0.15, 0.2) is 18.5 Å². The van der Waals surface area contributed by atoms with Crippen molar-refractivity contribution in [3.8, 4) is 0 Å². The Labute approximate surface area is 135 Å². The van der Waals surface area contributed by atoms with Gasteiger partial charge in [0.25, 0.3) is 0 Å². The molecule has 3 rings (SSSR count). The van der Waals surface area contributed by atoms with E-state index in [-0.39, 0.29) is 11.3 Å². The Hall–Kier alpha value is -2.22. The Balaban J connectivity index is 1.65. The highest BCUT2D eigenvalue weighted by Gasteiger charge is 2.32. The van der Waals surface area contributed by atoms with Gasteiger partial charge < -0.3 is 15.5 Å². The fraction of sp³-hybridized carbons (Fsp3) is 0.600. The van der Waals surface area contributed by atoms with Crippen molar-refractivity contribution in [2.75, 3.05) is 31.1 Å². The van der Waals surface area contributed by atoms with E-state index in [1.165, 1.54) is 0 Å². The van der Waals surface area contributed by atoms with Gasteiger partial charge >= 0.3 is 0 Å². The molecule has 0 spiro atoms. The molecule has 8 nitrogen and oxygen atoms in total.